The van der Waals surface area contributed by atoms with E-state index in [9.17, 15) is 4.79 Å². The minimum atomic E-state index is 0.0206. The van der Waals surface area contributed by atoms with Crippen molar-refractivity contribution in [3.8, 4) is 11.5 Å². The van der Waals surface area contributed by atoms with Crippen LogP contribution >= 0.6 is 0 Å². The number of fused-ring (bicyclic) bond motifs is 1. The molecule has 3 rings (SSSR count). The van der Waals surface area contributed by atoms with Crippen LogP contribution in [0.3, 0.4) is 0 Å². The van der Waals surface area contributed by atoms with E-state index in [1.807, 2.05) is 37.3 Å². The summed E-state index contributed by atoms with van der Waals surface area (Å²) < 4.78 is 5.83. The zero-order valence-corrected chi connectivity index (χ0v) is 10.6. The number of hydrogen-bond donors (Lipinski definition) is 2. The van der Waals surface area contributed by atoms with Gasteiger partial charge in [-0.05, 0) is 42.3 Å². The van der Waals surface area contributed by atoms with Crippen molar-refractivity contribution in [2.45, 2.75) is 13.3 Å². The van der Waals surface area contributed by atoms with E-state index in [0.717, 1.165) is 22.6 Å². The third-order valence-corrected chi connectivity index (χ3v) is 3.14. The fraction of sp³-hybridized carbons (Fsp3) is 0.133. The summed E-state index contributed by atoms with van der Waals surface area (Å²) in [6.07, 6.45) is 0.405. The molecular formula is C15H14N2O2. The summed E-state index contributed by atoms with van der Waals surface area (Å²) in [5.41, 5.74) is 9.26. The van der Waals surface area contributed by atoms with Crippen LogP contribution in [0.2, 0.25) is 0 Å². The van der Waals surface area contributed by atoms with Crippen LogP contribution in [-0.2, 0) is 11.2 Å². The monoisotopic (exact) mass is 254 g/mol. The Kier molecular flexibility index (Phi) is 2.63. The normalized spacial score (nSPS) is 13.0. The molecule has 0 saturated heterocycles. The Hall–Kier alpha value is -2.49. The van der Waals surface area contributed by atoms with Crippen molar-refractivity contribution in [2.75, 3.05) is 11.1 Å². The molecule has 1 aliphatic rings. The Morgan fingerprint density at radius 3 is 2.89 bits per heavy atom. The average Bonchev–Trinajstić information content (AvgIpc) is 2.73. The van der Waals surface area contributed by atoms with E-state index in [0.29, 0.717) is 17.9 Å². The van der Waals surface area contributed by atoms with Gasteiger partial charge in [-0.25, -0.2) is 0 Å². The van der Waals surface area contributed by atoms with E-state index < -0.39 is 0 Å². The van der Waals surface area contributed by atoms with Crippen LogP contribution in [-0.4, -0.2) is 5.91 Å². The van der Waals surface area contributed by atoms with Gasteiger partial charge in [0.15, 0.2) is 0 Å². The highest BCUT2D eigenvalue weighted by molar-refractivity contribution is 5.99. The van der Waals surface area contributed by atoms with Crippen LogP contribution < -0.4 is 15.8 Å². The van der Waals surface area contributed by atoms with Crippen molar-refractivity contribution in [2.24, 2.45) is 0 Å². The molecule has 0 unspecified atom stereocenters. The lowest BCUT2D eigenvalue weighted by Gasteiger charge is -2.10. The van der Waals surface area contributed by atoms with E-state index in [2.05, 4.69) is 5.32 Å². The van der Waals surface area contributed by atoms with E-state index in [1.54, 1.807) is 6.07 Å². The summed E-state index contributed by atoms with van der Waals surface area (Å²) in [6, 6.07) is 11.1. The van der Waals surface area contributed by atoms with Crippen LogP contribution in [0.25, 0.3) is 0 Å². The summed E-state index contributed by atoms with van der Waals surface area (Å²) in [7, 11) is 0. The van der Waals surface area contributed by atoms with Gasteiger partial charge in [-0.3, -0.25) is 4.79 Å². The predicted molar refractivity (Wildman–Crippen MR) is 74.4 cm³/mol. The van der Waals surface area contributed by atoms with Crippen LogP contribution in [0.1, 0.15) is 11.1 Å². The molecule has 0 aliphatic carbocycles. The number of ether oxygens (including phenoxy) is 1. The number of nitrogens with one attached hydrogen (secondary N) is 1. The van der Waals surface area contributed by atoms with Gasteiger partial charge in [0.05, 0.1) is 6.42 Å². The third-order valence-electron chi connectivity index (χ3n) is 3.14. The van der Waals surface area contributed by atoms with Gasteiger partial charge in [0.25, 0.3) is 0 Å². The lowest BCUT2D eigenvalue weighted by molar-refractivity contribution is -0.115. The first kappa shape index (κ1) is 11.6. The molecule has 2 aromatic carbocycles. The molecule has 0 aromatic heterocycles. The molecule has 96 valence electrons. The number of rotatable bonds is 2. The van der Waals surface area contributed by atoms with Gasteiger partial charge >= 0.3 is 0 Å². The van der Waals surface area contributed by atoms with Crippen molar-refractivity contribution in [1.29, 1.82) is 0 Å². The fourth-order valence-corrected chi connectivity index (χ4v) is 2.12. The van der Waals surface area contributed by atoms with Gasteiger partial charge in [0, 0.05) is 17.4 Å². The standard InChI is InChI=1S/C15H14N2O2/c1-9-2-3-11(16)8-14(9)19-12-4-5-13-10(6-12)7-15(18)17-13/h2-6,8H,7,16H2,1H3,(H,17,18). The van der Waals surface area contributed by atoms with Gasteiger partial charge in [-0.15, -0.1) is 0 Å². The highest BCUT2D eigenvalue weighted by atomic mass is 16.5. The molecule has 4 nitrogen and oxygen atoms in total. The van der Waals surface area contributed by atoms with E-state index in [-0.39, 0.29) is 5.91 Å². The quantitative estimate of drug-likeness (QED) is 0.810. The third kappa shape index (κ3) is 2.25. The van der Waals surface area contributed by atoms with Crippen molar-refractivity contribution < 1.29 is 9.53 Å². The molecule has 1 heterocycles. The minimum Gasteiger partial charge on any atom is -0.457 e. The first-order chi connectivity index (χ1) is 9.11. The van der Waals surface area contributed by atoms with E-state index in [1.165, 1.54) is 0 Å². The minimum absolute atomic E-state index is 0.0206. The number of anilines is 2. The molecular weight excluding hydrogens is 240 g/mol. The van der Waals surface area contributed by atoms with Crippen molar-refractivity contribution in [1.82, 2.24) is 0 Å². The first-order valence-corrected chi connectivity index (χ1v) is 6.08. The van der Waals surface area contributed by atoms with Crippen molar-refractivity contribution in [3.63, 3.8) is 0 Å². The Bertz CT molecular complexity index is 665. The predicted octanol–water partition coefficient (Wildman–Crippen LogP) is 2.86. The number of aryl methyl sites for hydroxylation is 1. The summed E-state index contributed by atoms with van der Waals surface area (Å²) in [5, 5.41) is 2.79. The highest BCUT2D eigenvalue weighted by Crippen LogP contribution is 2.31. The van der Waals surface area contributed by atoms with Crippen LogP contribution in [0, 0.1) is 6.92 Å². The zero-order valence-electron chi connectivity index (χ0n) is 10.6. The number of amides is 1. The number of carbonyl (C=O) groups excluding carboxylic acids is 1. The molecule has 19 heavy (non-hydrogen) atoms. The van der Waals surface area contributed by atoms with Crippen LogP contribution in [0.5, 0.6) is 11.5 Å². The second kappa shape index (κ2) is 4.31. The number of nitrogens with two attached hydrogens (primary N) is 1. The molecule has 0 fully saturated rings. The maximum absolute atomic E-state index is 11.3. The zero-order chi connectivity index (χ0) is 13.4. The SMILES string of the molecule is Cc1ccc(N)cc1Oc1ccc2c(c1)CC(=O)N2. The molecule has 2 aromatic rings. The number of carbonyl (C=O) groups is 1. The van der Waals surface area contributed by atoms with Gasteiger partial charge in [0.2, 0.25) is 5.91 Å². The average molecular weight is 254 g/mol. The van der Waals surface area contributed by atoms with Gasteiger partial charge in [0.1, 0.15) is 11.5 Å². The molecule has 1 aliphatic heterocycles. The largest absolute Gasteiger partial charge is 0.457 e. The fourth-order valence-electron chi connectivity index (χ4n) is 2.12. The maximum atomic E-state index is 11.3. The Balaban J connectivity index is 1.90. The summed E-state index contributed by atoms with van der Waals surface area (Å²) in [5.74, 6) is 1.47. The van der Waals surface area contributed by atoms with Gasteiger partial charge < -0.3 is 15.8 Å². The molecule has 3 N–H and O–H groups in total. The molecule has 0 saturated carbocycles. The summed E-state index contributed by atoms with van der Waals surface area (Å²) in [6.45, 7) is 1.97. The first-order valence-electron chi connectivity index (χ1n) is 6.08. The van der Waals surface area contributed by atoms with Crippen molar-refractivity contribution in [3.05, 3.63) is 47.5 Å². The van der Waals surface area contributed by atoms with E-state index >= 15 is 0 Å². The molecule has 0 radical (unpaired) electrons. The molecule has 4 heteroatoms. The summed E-state index contributed by atoms with van der Waals surface area (Å²) in [4.78, 5) is 11.3. The smallest absolute Gasteiger partial charge is 0.228 e. The lowest BCUT2D eigenvalue weighted by Crippen LogP contribution is -2.03. The topological polar surface area (TPSA) is 64.3 Å². The van der Waals surface area contributed by atoms with Gasteiger partial charge in [-0.2, -0.15) is 0 Å². The number of benzene rings is 2. The molecule has 1 amide bonds. The molecule has 0 spiro atoms. The Morgan fingerprint density at radius 1 is 1.21 bits per heavy atom. The molecule has 0 atom stereocenters. The van der Waals surface area contributed by atoms with Gasteiger partial charge in [-0.1, -0.05) is 6.07 Å². The summed E-state index contributed by atoms with van der Waals surface area (Å²) >= 11 is 0. The second-order valence-electron chi connectivity index (χ2n) is 4.67. The van der Waals surface area contributed by atoms with E-state index in [4.69, 9.17) is 10.5 Å². The maximum Gasteiger partial charge on any atom is 0.228 e. The molecule has 0 bridgehead atoms. The van der Waals surface area contributed by atoms with Crippen LogP contribution in [0.4, 0.5) is 11.4 Å². The lowest BCUT2D eigenvalue weighted by atomic mass is 10.1. The number of hydrogen-bond acceptors (Lipinski definition) is 3. The second-order valence-corrected chi connectivity index (χ2v) is 4.67. The Labute approximate surface area is 111 Å². The number of nitrogen functional groups attached to an aromatic ring is 1. The van der Waals surface area contributed by atoms with Crippen LogP contribution in [0.15, 0.2) is 36.4 Å². The van der Waals surface area contributed by atoms with Crippen molar-refractivity contribution >= 4 is 17.3 Å². The highest BCUT2D eigenvalue weighted by Gasteiger charge is 2.18. The Morgan fingerprint density at radius 2 is 2.05 bits per heavy atom.